The van der Waals surface area contributed by atoms with Gasteiger partial charge in [0.2, 0.25) is 0 Å². The lowest BCUT2D eigenvalue weighted by atomic mass is 10.0. The molecule has 0 aliphatic carbocycles. The van der Waals surface area contributed by atoms with Gasteiger partial charge >= 0.3 is 15.5 Å². The highest BCUT2D eigenvalue weighted by molar-refractivity contribution is 7.93. The van der Waals surface area contributed by atoms with Crippen LogP contribution in [0.1, 0.15) is 30.0 Å². The van der Waals surface area contributed by atoms with Crippen LogP contribution in [0.15, 0.2) is 47.6 Å². The number of alkyl halides is 3. The predicted octanol–water partition coefficient (Wildman–Crippen LogP) is 5.24. The first-order chi connectivity index (χ1) is 13.0. The van der Waals surface area contributed by atoms with Crippen LogP contribution < -0.4 is 4.72 Å². The van der Waals surface area contributed by atoms with Crippen molar-refractivity contribution < 1.29 is 26.4 Å². The number of nitrogens with zero attached hydrogens (tertiary/aromatic N) is 1. The van der Waals surface area contributed by atoms with Crippen molar-refractivity contribution in [3.05, 3.63) is 64.2 Å². The van der Waals surface area contributed by atoms with E-state index in [4.69, 9.17) is 16.4 Å². The largest absolute Gasteiger partial charge is 0.516 e. The maximum Gasteiger partial charge on any atom is 0.516 e. The lowest BCUT2D eigenvalue weighted by Gasteiger charge is -2.15. The minimum atomic E-state index is -5.55. The quantitative estimate of drug-likeness (QED) is 0.478. The molecule has 0 spiro atoms. The summed E-state index contributed by atoms with van der Waals surface area (Å²) in [4.78, 5) is 5.30. The zero-order valence-corrected chi connectivity index (χ0v) is 16.6. The number of benzene rings is 2. The summed E-state index contributed by atoms with van der Waals surface area (Å²) in [6, 6.07) is 11.2. The van der Waals surface area contributed by atoms with Gasteiger partial charge in [-0.05, 0) is 43.2 Å². The van der Waals surface area contributed by atoms with Gasteiger partial charge in [0, 0.05) is 10.6 Å². The van der Waals surface area contributed by atoms with Crippen molar-refractivity contribution in [1.82, 2.24) is 0 Å². The van der Waals surface area contributed by atoms with Crippen molar-refractivity contribution in [2.24, 2.45) is 5.16 Å². The van der Waals surface area contributed by atoms with E-state index >= 15 is 0 Å². The number of nitrogens with one attached hydrogen (secondary N) is 1. The van der Waals surface area contributed by atoms with Crippen molar-refractivity contribution in [1.29, 1.82) is 0 Å². The van der Waals surface area contributed by atoms with E-state index in [1.807, 2.05) is 0 Å². The number of halogens is 4. The zero-order valence-electron chi connectivity index (χ0n) is 15.0. The molecule has 0 saturated heterocycles. The molecule has 5 nitrogen and oxygen atoms in total. The summed E-state index contributed by atoms with van der Waals surface area (Å²) in [5.41, 5.74) is -3.61. The van der Waals surface area contributed by atoms with Crippen LogP contribution >= 0.6 is 11.6 Å². The third-order valence-corrected chi connectivity index (χ3v) is 5.04. The van der Waals surface area contributed by atoms with Gasteiger partial charge in [-0.15, -0.1) is 0 Å². The van der Waals surface area contributed by atoms with Crippen LogP contribution in [0.25, 0.3) is 0 Å². The molecule has 0 unspecified atom stereocenters. The molecule has 28 heavy (non-hydrogen) atoms. The predicted molar refractivity (Wildman–Crippen MR) is 103 cm³/mol. The molecule has 0 atom stereocenters. The molecule has 1 N–H and O–H groups in total. The van der Waals surface area contributed by atoms with Gasteiger partial charge in [-0.3, -0.25) is 4.72 Å². The van der Waals surface area contributed by atoms with Crippen molar-refractivity contribution >= 4 is 33.0 Å². The number of anilines is 1. The van der Waals surface area contributed by atoms with Crippen LogP contribution in [0.2, 0.25) is 5.02 Å². The third-order valence-electron chi connectivity index (χ3n) is 3.69. The van der Waals surface area contributed by atoms with Crippen molar-refractivity contribution in [3.63, 3.8) is 0 Å². The van der Waals surface area contributed by atoms with Gasteiger partial charge in [-0.25, -0.2) is 0 Å². The molecule has 152 valence electrons. The summed E-state index contributed by atoms with van der Waals surface area (Å²) in [6.07, 6.45) is 0.310. The first-order valence-corrected chi connectivity index (χ1v) is 10.0. The average molecular weight is 435 g/mol. The monoisotopic (exact) mass is 434 g/mol. The van der Waals surface area contributed by atoms with Crippen molar-refractivity contribution in [3.8, 4) is 0 Å². The van der Waals surface area contributed by atoms with E-state index in [2.05, 4.69) is 5.16 Å². The van der Waals surface area contributed by atoms with E-state index in [1.54, 1.807) is 48.9 Å². The maximum atomic E-state index is 12.7. The molecular formula is C18H18ClF3N2O3S. The van der Waals surface area contributed by atoms with Crippen LogP contribution in [0.5, 0.6) is 0 Å². The molecule has 0 radical (unpaired) electrons. The molecule has 0 fully saturated rings. The average Bonchev–Trinajstić information content (AvgIpc) is 2.61. The highest BCUT2D eigenvalue weighted by atomic mass is 35.5. The van der Waals surface area contributed by atoms with Gasteiger partial charge in [0.1, 0.15) is 6.61 Å². The second-order valence-electron chi connectivity index (χ2n) is 5.89. The van der Waals surface area contributed by atoms with Gasteiger partial charge < -0.3 is 4.84 Å². The second-order valence-corrected chi connectivity index (χ2v) is 8.00. The smallest absolute Gasteiger partial charge is 0.391 e. The Hall–Kier alpha value is -2.26. The summed E-state index contributed by atoms with van der Waals surface area (Å²) in [5, 5.41) is 4.56. The fourth-order valence-corrected chi connectivity index (χ4v) is 2.97. The second kappa shape index (κ2) is 8.83. The first kappa shape index (κ1) is 22.0. The maximum absolute atomic E-state index is 12.7. The molecule has 0 aromatic heterocycles. The lowest BCUT2D eigenvalue weighted by Crippen LogP contribution is -2.30. The number of aryl methyl sites for hydroxylation is 1. The molecule has 2 rings (SSSR count). The Bertz CT molecular complexity index is 959. The number of oxime groups is 1. The molecule has 0 bridgehead atoms. The SMILES string of the molecule is CC/C(=N\OCc1ccc(Cl)cc1)c1cc(C)ccc1NS(=O)(=O)C(F)(F)F. The number of rotatable bonds is 7. The normalized spacial score (nSPS) is 12.7. The topological polar surface area (TPSA) is 67.8 Å². The van der Waals surface area contributed by atoms with Gasteiger partial charge in [-0.1, -0.05) is 47.4 Å². The van der Waals surface area contributed by atoms with E-state index in [0.29, 0.717) is 17.2 Å². The fourth-order valence-electron chi connectivity index (χ4n) is 2.26. The summed E-state index contributed by atoms with van der Waals surface area (Å²) in [6.45, 7) is 3.58. The molecule has 2 aromatic rings. The summed E-state index contributed by atoms with van der Waals surface area (Å²) >= 11 is 5.81. The Morgan fingerprint density at radius 2 is 1.82 bits per heavy atom. The molecule has 0 amide bonds. The zero-order chi connectivity index (χ0) is 20.9. The third kappa shape index (κ3) is 5.62. The van der Waals surface area contributed by atoms with Gasteiger partial charge in [-0.2, -0.15) is 21.6 Å². The van der Waals surface area contributed by atoms with Crippen LogP contribution in [0, 0.1) is 6.92 Å². The Balaban J connectivity index is 2.29. The van der Waals surface area contributed by atoms with E-state index in [-0.39, 0.29) is 17.9 Å². The minimum absolute atomic E-state index is 0.121. The standard InChI is InChI=1S/C18H18ClF3N2O3S/c1-3-16(23-27-11-13-5-7-14(19)8-6-13)15-10-12(2)4-9-17(15)24-28(25,26)18(20,21)22/h4-10,24H,3,11H2,1-2H3/b23-16+. The van der Waals surface area contributed by atoms with Gasteiger partial charge in [0.05, 0.1) is 11.4 Å². The van der Waals surface area contributed by atoms with Crippen LogP contribution in [0.4, 0.5) is 18.9 Å². The van der Waals surface area contributed by atoms with Crippen molar-refractivity contribution in [2.75, 3.05) is 4.72 Å². The van der Waals surface area contributed by atoms with E-state index < -0.39 is 15.5 Å². The van der Waals surface area contributed by atoms with Crippen molar-refractivity contribution in [2.45, 2.75) is 32.4 Å². The lowest BCUT2D eigenvalue weighted by molar-refractivity contribution is -0.0429. The molecule has 0 aliphatic rings. The van der Waals surface area contributed by atoms with E-state index in [9.17, 15) is 21.6 Å². The first-order valence-electron chi connectivity index (χ1n) is 8.17. The van der Waals surface area contributed by atoms with Crippen LogP contribution in [0.3, 0.4) is 0 Å². The minimum Gasteiger partial charge on any atom is -0.391 e. The van der Waals surface area contributed by atoms with E-state index in [0.717, 1.165) is 11.1 Å². The Morgan fingerprint density at radius 3 is 2.39 bits per heavy atom. The number of hydrogen-bond acceptors (Lipinski definition) is 4. The molecule has 0 aliphatic heterocycles. The van der Waals surface area contributed by atoms with E-state index in [1.165, 1.54) is 12.1 Å². The molecule has 0 heterocycles. The van der Waals surface area contributed by atoms with Crippen LogP contribution in [-0.4, -0.2) is 19.6 Å². The van der Waals surface area contributed by atoms with Gasteiger partial charge in [0.15, 0.2) is 0 Å². The summed E-state index contributed by atoms with van der Waals surface area (Å²) in [5.74, 6) is 0. The number of hydrogen-bond donors (Lipinski definition) is 1. The fraction of sp³-hybridized carbons (Fsp3) is 0.278. The Morgan fingerprint density at radius 1 is 1.18 bits per heavy atom. The molecule has 0 saturated carbocycles. The van der Waals surface area contributed by atoms with Gasteiger partial charge in [0.25, 0.3) is 0 Å². The Labute approximate surface area is 166 Å². The summed E-state index contributed by atoms with van der Waals surface area (Å²) < 4.78 is 62.7. The summed E-state index contributed by atoms with van der Waals surface area (Å²) in [7, 11) is -5.55. The molecule has 2 aromatic carbocycles. The molecular weight excluding hydrogens is 417 g/mol. The number of sulfonamides is 1. The highest BCUT2D eigenvalue weighted by Gasteiger charge is 2.46. The van der Waals surface area contributed by atoms with Crippen LogP contribution in [-0.2, 0) is 21.5 Å². The highest BCUT2D eigenvalue weighted by Crippen LogP contribution is 2.28. The molecule has 10 heteroatoms. The Kier molecular flexibility index (Phi) is 6.95.